The lowest BCUT2D eigenvalue weighted by Gasteiger charge is -2.22. The Labute approximate surface area is 115 Å². The van der Waals surface area contributed by atoms with Crippen molar-refractivity contribution in [1.82, 2.24) is 5.32 Å². The number of benzene rings is 1. The van der Waals surface area contributed by atoms with Gasteiger partial charge in [0.15, 0.2) is 0 Å². The van der Waals surface area contributed by atoms with E-state index in [0.717, 1.165) is 17.9 Å². The maximum Gasteiger partial charge on any atom is 0.142 e. The van der Waals surface area contributed by atoms with Gasteiger partial charge in [0, 0.05) is 17.6 Å². The maximum atomic E-state index is 6.18. The lowest BCUT2D eigenvalue weighted by Crippen LogP contribution is -2.35. The molecule has 0 bridgehead atoms. The van der Waals surface area contributed by atoms with Gasteiger partial charge in [-0.1, -0.05) is 35.9 Å². The number of nitrogens with one attached hydrogen (secondary N) is 1. The summed E-state index contributed by atoms with van der Waals surface area (Å²) >= 11 is 6.18. The van der Waals surface area contributed by atoms with E-state index in [9.17, 15) is 0 Å². The van der Waals surface area contributed by atoms with Gasteiger partial charge in [0.2, 0.25) is 0 Å². The zero-order valence-corrected chi connectivity index (χ0v) is 12.3. The number of rotatable bonds is 5. The van der Waals surface area contributed by atoms with E-state index >= 15 is 0 Å². The van der Waals surface area contributed by atoms with Crippen LogP contribution in [0.2, 0.25) is 5.02 Å². The predicted molar refractivity (Wildman–Crippen MR) is 78.4 cm³/mol. The monoisotopic (exact) mass is 267 g/mol. The molecule has 0 amide bonds. The maximum absolute atomic E-state index is 6.18. The molecule has 0 unspecified atom stereocenters. The topological polar surface area (TPSA) is 21.3 Å². The van der Waals surface area contributed by atoms with Crippen LogP contribution < -0.4 is 10.1 Å². The van der Waals surface area contributed by atoms with Gasteiger partial charge >= 0.3 is 0 Å². The summed E-state index contributed by atoms with van der Waals surface area (Å²) in [5, 5.41) is 4.10. The third kappa shape index (κ3) is 5.11. The molecule has 1 rings (SSSR count). The predicted octanol–water partition coefficient (Wildman–Crippen LogP) is 4.18. The molecular weight excluding hydrogens is 246 g/mol. The minimum absolute atomic E-state index is 0.0723. The summed E-state index contributed by atoms with van der Waals surface area (Å²) < 4.78 is 5.71. The van der Waals surface area contributed by atoms with Crippen LogP contribution in [0.4, 0.5) is 0 Å². The molecular formula is C15H22ClNO. The van der Waals surface area contributed by atoms with Crippen LogP contribution in [0, 0.1) is 0 Å². The lowest BCUT2D eigenvalue weighted by molar-refractivity contribution is 0.352. The zero-order valence-electron chi connectivity index (χ0n) is 11.6. The molecule has 0 aliphatic carbocycles. The van der Waals surface area contributed by atoms with Crippen LogP contribution in [0.1, 0.15) is 33.3 Å². The van der Waals surface area contributed by atoms with Gasteiger partial charge in [-0.3, -0.25) is 0 Å². The summed E-state index contributed by atoms with van der Waals surface area (Å²) in [7, 11) is 0. The molecule has 0 saturated carbocycles. The van der Waals surface area contributed by atoms with E-state index in [0.29, 0.717) is 11.6 Å². The first-order valence-electron chi connectivity index (χ1n) is 6.20. The summed E-state index contributed by atoms with van der Waals surface area (Å²) in [6.45, 7) is 9.67. The van der Waals surface area contributed by atoms with Gasteiger partial charge in [-0.25, -0.2) is 0 Å². The van der Waals surface area contributed by atoms with E-state index in [2.05, 4.69) is 26.1 Å². The Morgan fingerprint density at radius 1 is 1.33 bits per heavy atom. The first-order valence-corrected chi connectivity index (χ1v) is 6.58. The number of ether oxygens (including phenoxy) is 1. The molecule has 1 aromatic rings. The average molecular weight is 268 g/mol. The molecule has 1 aromatic carbocycles. The van der Waals surface area contributed by atoms with Gasteiger partial charge in [0.25, 0.3) is 0 Å². The molecule has 0 spiro atoms. The minimum atomic E-state index is 0.0723. The van der Waals surface area contributed by atoms with Gasteiger partial charge < -0.3 is 10.1 Å². The standard InChI is InChI=1S/C15H22ClNO/c1-5-6-10-18-14-12(8-7-9-13(14)16)11-17-15(2,3)4/h5-9,17H,10-11H2,1-4H3/b6-5+. The van der Waals surface area contributed by atoms with Gasteiger partial charge in [-0.2, -0.15) is 0 Å². The molecule has 1 N–H and O–H groups in total. The first kappa shape index (κ1) is 15.1. The van der Waals surface area contributed by atoms with E-state index in [4.69, 9.17) is 16.3 Å². The second-order valence-electron chi connectivity index (χ2n) is 5.21. The fraction of sp³-hybridized carbons (Fsp3) is 0.467. The number of para-hydroxylation sites is 1. The van der Waals surface area contributed by atoms with Crippen LogP contribution in [0.5, 0.6) is 5.75 Å². The highest BCUT2D eigenvalue weighted by atomic mass is 35.5. The van der Waals surface area contributed by atoms with Crippen LogP contribution in [0.3, 0.4) is 0 Å². The lowest BCUT2D eigenvalue weighted by atomic mass is 10.1. The Morgan fingerprint density at radius 3 is 2.67 bits per heavy atom. The molecule has 2 nitrogen and oxygen atoms in total. The molecule has 0 fully saturated rings. The summed E-state index contributed by atoms with van der Waals surface area (Å²) in [5.74, 6) is 0.772. The largest absolute Gasteiger partial charge is 0.488 e. The van der Waals surface area contributed by atoms with E-state index < -0.39 is 0 Å². The number of halogens is 1. The van der Waals surface area contributed by atoms with Crippen molar-refractivity contribution in [1.29, 1.82) is 0 Å². The molecule has 18 heavy (non-hydrogen) atoms. The second kappa shape index (κ2) is 6.81. The molecule has 0 aliphatic heterocycles. The van der Waals surface area contributed by atoms with E-state index in [-0.39, 0.29) is 5.54 Å². The van der Waals surface area contributed by atoms with Crippen molar-refractivity contribution >= 4 is 11.6 Å². The van der Waals surface area contributed by atoms with Crippen LogP contribution in [-0.4, -0.2) is 12.1 Å². The molecule has 0 atom stereocenters. The van der Waals surface area contributed by atoms with Crippen LogP contribution in [0.25, 0.3) is 0 Å². The highest BCUT2D eigenvalue weighted by molar-refractivity contribution is 6.32. The van der Waals surface area contributed by atoms with Crippen LogP contribution in [0.15, 0.2) is 30.4 Å². The zero-order chi connectivity index (χ0) is 13.6. The highest BCUT2D eigenvalue weighted by Crippen LogP contribution is 2.29. The third-order valence-electron chi connectivity index (χ3n) is 2.42. The molecule has 0 aromatic heterocycles. The normalized spacial score (nSPS) is 12.1. The van der Waals surface area contributed by atoms with Crippen LogP contribution in [-0.2, 0) is 6.54 Å². The fourth-order valence-corrected chi connectivity index (χ4v) is 1.69. The van der Waals surface area contributed by atoms with Gasteiger partial charge in [-0.05, 0) is 33.8 Å². The van der Waals surface area contributed by atoms with Crippen molar-refractivity contribution in [2.45, 2.75) is 39.8 Å². The molecule has 0 saturated heterocycles. The molecule has 3 heteroatoms. The van der Waals surface area contributed by atoms with Crippen molar-refractivity contribution in [2.75, 3.05) is 6.61 Å². The fourth-order valence-electron chi connectivity index (χ4n) is 1.44. The van der Waals surface area contributed by atoms with E-state index in [1.807, 2.05) is 37.3 Å². The summed E-state index contributed by atoms with van der Waals surface area (Å²) in [6.07, 6.45) is 3.92. The summed E-state index contributed by atoms with van der Waals surface area (Å²) in [5.41, 5.74) is 1.16. The molecule has 0 heterocycles. The Morgan fingerprint density at radius 2 is 2.06 bits per heavy atom. The van der Waals surface area contributed by atoms with Crippen molar-refractivity contribution in [3.05, 3.63) is 40.9 Å². The first-order chi connectivity index (χ1) is 8.44. The van der Waals surface area contributed by atoms with Crippen molar-refractivity contribution in [2.24, 2.45) is 0 Å². The Bertz CT molecular complexity index is 407. The third-order valence-corrected chi connectivity index (χ3v) is 2.71. The Kier molecular flexibility index (Phi) is 5.70. The smallest absolute Gasteiger partial charge is 0.142 e. The molecule has 0 radical (unpaired) electrons. The molecule has 0 aliphatic rings. The molecule has 100 valence electrons. The highest BCUT2D eigenvalue weighted by Gasteiger charge is 2.12. The Balaban J connectivity index is 2.79. The second-order valence-corrected chi connectivity index (χ2v) is 5.62. The van der Waals surface area contributed by atoms with Gasteiger partial charge in [0.05, 0.1) is 5.02 Å². The summed E-state index contributed by atoms with van der Waals surface area (Å²) in [6, 6.07) is 5.84. The quantitative estimate of drug-likeness (QED) is 0.808. The SMILES string of the molecule is C/C=C/COc1c(Cl)cccc1CNC(C)(C)C. The Hall–Kier alpha value is -0.990. The minimum Gasteiger partial charge on any atom is -0.488 e. The number of hydrogen-bond donors (Lipinski definition) is 1. The number of allylic oxidation sites excluding steroid dienone is 1. The number of hydrogen-bond acceptors (Lipinski definition) is 2. The summed E-state index contributed by atoms with van der Waals surface area (Å²) in [4.78, 5) is 0. The van der Waals surface area contributed by atoms with E-state index in [1.54, 1.807) is 0 Å². The van der Waals surface area contributed by atoms with Crippen LogP contribution >= 0.6 is 11.6 Å². The van der Waals surface area contributed by atoms with Crippen molar-refractivity contribution in [3.8, 4) is 5.75 Å². The van der Waals surface area contributed by atoms with Gasteiger partial charge in [0.1, 0.15) is 12.4 Å². The van der Waals surface area contributed by atoms with Crippen molar-refractivity contribution in [3.63, 3.8) is 0 Å². The van der Waals surface area contributed by atoms with E-state index in [1.165, 1.54) is 0 Å². The average Bonchev–Trinajstić information content (AvgIpc) is 2.28. The van der Waals surface area contributed by atoms with Gasteiger partial charge in [-0.15, -0.1) is 0 Å². The van der Waals surface area contributed by atoms with Crippen molar-refractivity contribution < 1.29 is 4.74 Å².